The van der Waals surface area contributed by atoms with Gasteiger partial charge in [0.2, 0.25) is 5.75 Å². The van der Waals surface area contributed by atoms with Crippen LogP contribution in [0.2, 0.25) is 0 Å². The highest BCUT2D eigenvalue weighted by atomic mass is 16.5. The van der Waals surface area contributed by atoms with E-state index in [4.69, 9.17) is 4.74 Å². The molecule has 1 aliphatic heterocycles. The van der Waals surface area contributed by atoms with E-state index in [1.54, 1.807) is 24.3 Å². The molecule has 124 valence electrons. The van der Waals surface area contributed by atoms with Crippen molar-refractivity contribution in [3.8, 4) is 17.2 Å². The predicted octanol–water partition coefficient (Wildman–Crippen LogP) is 1.85. The number of phenolic OH excluding ortho intramolecular Hbond substituents is 2. The van der Waals surface area contributed by atoms with Gasteiger partial charge >= 0.3 is 0 Å². The Hall–Kier alpha value is -3.15. The van der Waals surface area contributed by atoms with Gasteiger partial charge in [-0.2, -0.15) is 0 Å². The van der Waals surface area contributed by atoms with Crippen LogP contribution < -0.4 is 15.4 Å². The molecule has 0 saturated carbocycles. The third kappa shape index (κ3) is 2.86. The Balaban J connectivity index is 2.16. The highest BCUT2D eigenvalue weighted by Gasteiger charge is 2.24. The van der Waals surface area contributed by atoms with Crippen LogP contribution in [0.5, 0.6) is 17.2 Å². The summed E-state index contributed by atoms with van der Waals surface area (Å²) in [6.45, 7) is 1.39. The summed E-state index contributed by atoms with van der Waals surface area (Å²) >= 11 is 0. The Morgan fingerprint density at radius 2 is 1.71 bits per heavy atom. The summed E-state index contributed by atoms with van der Waals surface area (Å²) < 4.78 is 5.08. The first-order valence-corrected chi connectivity index (χ1v) is 7.54. The van der Waals surface area contributed by atoms with E-state index in [0.29, 0.717) is 35.6 Å². The van der Waals surface area contributed by atoms with Crippen LogP contribution in [0.25, 0.3) is 5.57 Å². The highest BCUT2D eigenvalue weighted by Crippen LogP contribution is 2.39. The number of carbonyl (C=O) groups is 1. The van der Waals surface area contributed by atoms with E-state index >= 15 is 0 Å². The minimum Gasteiger partial charge on any atom is -0.504 e. The van der Waals surface area contributed by atoms with Gasteiger partial charge in [-0.25, -0.2) is 0 Å². The fourth-order valence-electron chi connectivity index (χ4n) is 2.63. The van der Waals surface area contributed by atoms with E-state index < -0.39 is 0 Å². The molecule has 6 nitrogen and oxygen atoms in total. The van der Waals surface area contributed by atoms with Gasteiger partial charge in [-0.15, -0.1) is 0 Å². The number of ether oxygens (including phenoxy) is 1. The molecule has 0 aromatic heterocycles. The molecule has 0 spiro atoms. The van der Waals surface area contributed by atoms with Gasteiger partial charge in [0, 0.05) is 18.7 Å². The largest absolute Gasteiger partial charge is 0.504 e. The lowest BCUT2D eigenvalue weighted by Crippen LogP contribution is -2.18. The molecule has 2 aromatic carbocycles. The minimum absolute atomic E-state index is 0.0990. The van der Waals surface area contributed by atoms with Crippen molar-refractivity contribution in [3.05, 3.63) is 59.4 Å². The average molecular weight is 326 g/mol. The summed E-state index contributed by atoms with van der Waals surface area (Å²) in [5, 5.41) is 26.0. The number of hydrogen-bond donors (Lipinski definition) is 4. The second kappa shape index (κ2) is 6.54. The number of benzene rings is 2. The van der Waals surface area contributed by atoms with Crippen molar-refractivity contribution in [3.63, 3.8) is 0 Å². The van der Waals surface area contributed by atoms with E-state index in [1.165, 1.54) is 19.2 Å². The van der Waals surface area contributed by atoms with Crippen molar-refractivity contribution in [1.29, 1.82) is 0 Å². The van der Waals surface area contributed by atoms with Crippen LogP contribution in [0.3, 0.4) is 0 Å². The molecule has 0 amide bonds. The SMILES string of the molecule is COc1cc(C(C(=O)c2ccccc2)=C2NCCN2)cc(O)c1O. The Kier molecular flexibility index (Phi) is 4.29. The monoisotopic (exact) mass is 326 g/mol. The van der Waals surface area contributed by atoms with Crippen LogP contribution in [0.1, 0.15) is 15.9 Å². The Labute approximate surface area is 139 Å². The lowest BCUT2D eigenvalue weighted by Gasteiger charge is -2.14. The zero-order chi connectivity index (χ0) is 17.1. The highest BCUT2D eigenvalue weighted by molar-refractivity contribution is 6.29. The molecule has 0 unspecified atom stereocenters. The zero-order valence-corrected chi connectivity index (χ0v) is 13.2. The Morgan fingerprint density at radius 1 is 1.04 bits per heavy atom. The van der Waals surface area contributed by atoms with Crippen LogP contribution in [0.4, 0.5) is 0 Å². The number of nitrogens with one attached hydrogen (secondary N) is 2. The third-order valence-electron chi connectivity index (χ3n) is 3.81. The standard InChI is InChI=1S/C18H18N2O4/c1-24-14-10-12(9-13(21)17(14)23)15(18-19-7-8-20-18)16(22)11-5-3-2-4-6-11/h2-6,9-10,19-21,23H,7-8H2,1H3. The molecule has 1 fully saturated rings. The molecule has 6 heteroatoms. The number of Topliss-reactive ketones (excluding diaryl/α,β-unsaturated/α-hetero) is 1. The second-order valence-corrected chi connectivity index (χ2v) is 5.34. The van der Waals surface area contributed by atoms with Gasteiger partial charge in [0.05, 0.1) is 12.7 Å². The molecular weight excluding hydrogens is 308 g/mol. The molecule has 2 aromatic rings. The first kappa shape index (κ1) is 15.7. The van der Waals surface area contributed by atoms with Crippen molar-refractivity contribution >= 4 is 11.4 Å². The molecule has 4 N–H and O–H groups in total. The van der Waals surface area contributed by atoms with Gasteiger partial charge in [0.15, 0.2) is 17.3 Å². The molecule has 1 heterocycles. The number of methoxy groups -OCH3 is 1. The van der Waals surface area contributed by atoms with Crippen molar-refractivity contribution < 1.29 is 19.7 Å². The van der Waals surface area contributed by atoms with Crippen molar-refractivity contribution in [2.24, 2.45) is 0 Å². The number of carbonyl (C=O) groups excluding carboxylic acids is 1. The Morgan fingerprint density at radius 3 is 2.33 bits per heavy atom. The summed E-state index contributed by atoms with van der Waals surface area (Å²) in [5.74, 6) is -0.205. The number of allylic oxidation sites excluding steroid dienone is 1. The third-order valence-corrected chi connectivity index (χ3v) is 3.81. The van der Waals surface area contributed by atoms with E-state index in [2.05, 4.69) is 10.6 Å². The summed E-state index contributed by atoms with van der Waals surface area (Å²) in [4.78, 5) is 13.0. The summed E-state index contributed by atoms with van der Waals surface area (Å²) in [6.07, 6.45) is 0. The van der Waals surface area contributed by atoms with Crippen LogP contribution in [0, 0.1) is 0 Å². The number of ketones is 1. The molecule has 3 rings (SSSR count). The van der Waals surface area contributed by atoms with E-state index in [0.717, 1.165) is 0 Å². The molecule has 1 aliphatic rings. The van der Waals surface area contributed by atoms with E-state index in [1.807, 2.05) is 6.07 Å². The Bertz CT molecular complexity index is 792. The number of aromatic hydroxyl groups is 2. The molecule has 24 heavy (non-hydrogen) atoms. The van der Waals surface area contributed by atoms with Gasteiger partial charge in [-0.1, -0.05) is 30.3 Å². The fourth-order valence-corrected chi connectivity index (χ4v) is 2.63. The van der Waals surface area contributed by atoms with Gasteiger partial charge < -0.3 is 25.6 Å². The molecule has 0 atom stereocenters. The normalized spacial score (nSPS) is 13.1. The van der Waals surface area contributed by atoms with Crippen molar-refractivity contribution in [1.82, 2.24) is 10.6 Å². The van der Waals surface area contributed by atoms with Gasteiger partial charge in [-0.3, -0.25) is 4.79 Å². The lowest BCUT2D eigenvalue weighted by atomic mass is 9.96. The molecule has 0 aliphatic carbocycles. The van der Waals surface area contributed by atoms with Crippen LogP contribution in [0.15, 0.2) is 48.3 Å². The number of rotatable bonds is 4. The van der Waals surface area contributed by atoms with Gasteiger partial charge in [0.25, 0.3) is 0 Å². The molecular formula is C18H18N2O4. The average Bonchev–Trinajstić information content (AvgIpc) is 3.12. The van der Waals surface area contributed by atoms with Gasteiger partial charge in [0.1, 0.15) is 5.82 Å². The molecule has 0 radical (unpaired) electrons. The molecule has 0 bridgehead atoms. The second-order valence-electron chi connectivity index (χ2n) is 5.34. The van der Waals surface area contributed by atoms with E-state index in [9.17, 15) is 15.0 Å². The van der Waals surface area contributed by atoms with Gasteiger partial charge in [-0.05, 0) is 17.7 Å². The summed E-state index contributed by atoms with van der Waals surface area (Å²) in [7, 11) is 1.39. The van der Waals surface area contributed by atoms with Crippen LogP contribution in [-0.2, 0) is 0 Å². The van der Waals surface area contributed by atoms with Crippen molar-refractivity contribution in [2.75, 3.05) is 20.2 Å². The first-order chi connectivity index (χ1) is 11.6. The van der Waals surface area contributed by atoms with Crippen LogP contribution in [-0.4, -0.2) is 36.2 Å². The summed E-state index contributed by atoms with van der Waals surface area (Å²) in [5.41, 5.74) is 1.36. The maximum absolute atomic E-state index is 13.0. The van der Waals surface area contributed by atoms with Crippen molar-refractivity contribution in [2.45, 2.75) is 0 Å². The number of hydrogen-bond acceptors (Lipinski definition) is 6. The quantitative estimate of drug-likeness (QED) is 0.389. The minimum atomic E-state index is -0.356. The predicted molar refractivity (Wildman–Crippen MR) is 90.0 cm³/mol. The smallest absolute Gasteiger partial charge is 0.200 e. The number of phenols is 2. The first-order valence-electron chi connectivity index (χ1n) is 7.54. The fraction of sp³-hybridized carbons (Fsp3) is 0.167. The lowest BCUT2D eigenvalue weighted by molar-refractivity contribution is 0.105. The summed E-state index contributed by atoms with van der Waals surface area (Å²) in [6, 6.07) is 11.8. The zero-order valence-electron chi connectivity index (χ0n) is 13.2. The topological polar surface area (TPSA) is 90.8 Å². The maximum atomic E-state index is 13.0. The molecule has 1 saturated heterocycles. The van der Waals surface area contributed by atoms with Crippen LogP contribution >= 0.6 is 0 Å². The maximum Gasteiger partial charge on any atom is 0.200 e. The van der Waals surface area contributed by atoms with E-state index in [-0.39, 0.29) is 23.0 Å².